The summed E-state index contributed by atoms with van der Waals surface area (Å²) in [6.45, 7) is 0. The SMILES string of the molecule is COc1ccc(C(=O)c2cc3c(s2)CCCC3)cc1. The number of fused-ring (bicyclic) bond motifs is 1. The summed E-state index contributed by atoms with van der Waals surface area (Å²) in [5.41, 5.74) is 2.12. The normalized spacial score (nSPS) is 13.9. The number of thiophene rings is 1. The van der Waals surface area contributed by atoms with Gasteiger partial charge >= 0.3 is 0 Å². The van der Waals surface area contributed by atoms with Crippen molar-refractivity contribution in [1.82, 2.24) is 0 Å². The second-order valence-corrected chi connectivity index (χ2v) is 5.96. The first-order valence-electron chi connectivity index (χ1n) is 6.58. The van der Waals surface area contributed by atoms with Crippen molar-refractivity contribution in [2.45, 2.75) is 25.7 Å². The van der Waals surface area contributed by atoms with Crippen molar-refractivity contribution < 1.29 is 9.53 Å². The maximum Gasteiger partial charge on any atom is 0.202 e. The summed E-state index contributed by atoms with van der Waals surface area (Å²) in [5, 5.41) is 0. The van der Waals surface area contributed by atoms with Crippen molar-refractivity contribution in [2.75, 3.05) is 7.11 Å². The van der Waals surface area contributed by atoms with E-state index in [2.05, 4.69) is 6.07 Å². The zero-order chi connectivity index (χ0) is 13.2. The van der Waals surface area contributed by atoms with E-state index >= 15 is 0 Å². The largest absolute Gasteiger partial charge is 0.497 e. The maximum absolute atomic E-state index is 12.4. The quantitative estimate of drug-likeness (QED) is 0.793. The Hall–Kier alpha value is -1.61. The number of carbonyl (C=O) groups is 1. The Kier molecular flexibility index (Phi) is 3.38. The van der Waals surface area contributed by atoms with Gasteiger partial charge in [0, 0.05) is 10.4 Å². The first kappa shape index (κ1) is 12.4. The molecule has 0 fully saturated rings. The Morgan fingerprint density at radius 1 is 1.16 bits per heavy atom. The molecule has 0 saturated heterocycles. The third kappa shape index (κ3) is 2.43. The Morgan fingerprint density at radius 2 is 1.89 bits per heavy atom. The van der Waals surface area contributed by atoms with Gasteiger partial charge in [-0.15, -0.1) is 11.3 Å². The molecule has 1 aromatic carbocycles. The van der Waals surface area contributed by atoms with Gasteiger partial charge in [0.25, 0.3) is 0 Å². The maximum atomic E-state index is 12.4. The van der Waals surface area contributed by atoms with Crippen LogP contribution in [0.1, 0.15) is 38.5 Å². The van der Waals surface area contributed by atoms with Gasteiger partial charge in [0.05, 0.1) is 12.0 Å². The van der Waals surface area contributed by atoms with E-state index < -0.39 is 0 Å². The van der Waals surface area contributed by atoms with Gasteiger partial charge in [0.1, 0.15) is 5.75 Å². The number of hydrogen-bond acceptors (Lipinski definition) is 3. The van der Waals surface area contributed by atoms with E-state index in [1.54, 1.807) is 18.4 Å². The standard InChI is InChI=1S/C16H16O2S/c1-18-13-8-6-11(7-9-13)16(17)15-10-12-4-2-3-5-14(12)19-15/h6-10H,2-5H2,1H3. The lowest BCUT2D eigenvalue weighted by atomic mass is 9.98. The summed E-state index contributed by atoms with van der Waals surface area (Å²) < 4.78 is 5.11. The Bertz CT molecular complexity index is 572. The number of rotatable bonds is 3. The number of benzene rings is 1. The number of methoxy groups -OCH3 is 1. The topological polar surface area (TPSA) is 26.3 Å². The zero-order valence-electron chi connectivity index (χ0n) is 10.9. The van der Waals surface area contributed by atoms with E-state index in [9.17, 15) is 4.79 Å². The molecule has 0 bridgehead atoms. The van der Waals surface area contributed by atoms with Crippen molar-refractivity contribution in [3.05, 3.63) is 51.2 Å². The van der Waals surface area contributed by atoms with Gasteiger partial charge in [-0.3, -0.25) is 4.79 Å². The highest BCUT2D eigenvalue weighted by Gasteiger charge is 2.18. The second-order valence-electron chi connectivity index (χ2n) is 4.82. The van der Waals surface area contributed by atoms with Crippen LogP contribution < -0.4 is 4.74 Å². The summed E-state index contributed by atoms with van der Waals surface area (Å²) in [5.74, 6) is 0.907. The molecule has 98 valence electrons. The summed E-state index contributed by atoms with van der Waals surface area (Å²) in [7, 11) is 1.63. The van der Waals surface area contributed by atoms with Crippen LogP contribution in [-0.2, 0) is 12.8 Å². The van der Waals surface area contributed by atoms with Crippen LogP contribution in [0, 0.1) is 0 Å². The van der Waals surface area contributed by atoms with E-state index in [0.717, 1.165) is 29.0 Å². The second kappa shape index (κ2) is 5.17. The van der Waals surface area contributed by atoms with Crippen molar-refractivity contribution in [1.29, 1.82) is 0 Å². The fourth-order valence-corrected chi connectivity index (χ4v) is 3.70. The highest BCUT2D eigenvalue weighted by molar-refractivity contribution is 7.14. The molecule has 0 saturated carbocycles. The lowest BCUT2D eigenvalue weighted by molar-refractivity contribution is 0.104. The molecule has 0 N–H and O–H groups in total. The molecule has 19 heavy (non-hydrogen) atoms. The van der Waals surface area contributed by atoms with Crippen LogP contribution in [0.3, 0.4) is 0 Å². The number of carbonyl (C=O) groups excluding carboxylic acids is 1. The van der Waals surface area contributed by atoms with Crippen LogP contribution in [0.5, 0.6) is 5.75 Å². The third-order valence-electron chi connectivity index (χ3n) is 3.57. The number of ketones is 1. The monoisotopic (exact) mass is 272 g/mol. The fraction of sp³-hybridized carbons (Fsp3) is 0.312. The Labute approximate surface area is 117 Å². The van der Waals surface area contributed by atoms with Gasteiger partial charge in [-0.2, -0.15) is 0 Å². The van der Waals surface area contributed by atoms with Crippen molar-refractivity contribution in [2.24, 2.45) is 0 Å². The molecule has 3 heteroatoms. The Morgan fingerprint density at radius 3 is 2.58 bits per heavy atom. The molecular formula is C16H16O2S. The first-order valence-corrected chi connectivity index (χ1v) is 7.40. The minimum Gasteiger partial charge on any atom is -0.497 e. The predicted octanol–water partition coefficient (Wildman–Crippen LogP) is 3.87. The number of hydrogen-bond donors (Lipinski definition) is 0. The van der Waals surface area contributed by atoms with E-state index in [-0.39, 0.29) is 5.78 Å². The van der Waals surface area contributed by atoms with Crippen LogP contribution >= 0.6 is 11.3 Å². The summed E-state index contributed by atoms with van der Waals surface area (Å²) in [4.78, 5) is 14.7. The zero-order valence-corrected chi connectivity index (χ0v) is 11.8. The van der Waals surface area contributed by atoms with Crippen molar-refractivity contribution in [3.8, 4) is 5.75 Å². The van der Waals surface area contributed by atoms with Crippen LogP contribution in [0.2, 0.25) is 0 Å². The predicted molar refractivity (Wildman–Crippen MR) is 77.4 cm³/mol. The molecule has 2 nitrogen and oxygen atoms in total. The molecule has 0 radical (unpaired) electrons. The molecular weight excluding hydrogens is 256 g/mol. The van der Waals surface area contributed by atoms with Gasteiger partial charge < -0.3 is 4.74 Å². The van der Waals surface area contributed by atoms with Gasteiger partial charge in [-0.25, -0.2) is 0 Å². The molecule has 0 atom stereocenters. The summed E-state index contributed by atoms with van der Waals surface area (Å²) in [6, 6.07) is 9.42. The number of aryl methyl sites for hydroxylation is 2. The van der Waals surface area contributed by atoms with Gasteiger partial charge in [-0.05, 0) is 61.6 Å². The highest BCUT2D eigenvalue weighted by Crippen LogP contribution is 2.31. The molecule has 3 rings (SSSR count). The lowest BCUT2D eigenvalue weighted by Crippen LogP contribution is -1.98. The van der Waals surface area contributed by atoms with Crippen LogP contribution in [0.4, 0.5) is 0 Å². The summed E-state index contributed by atoms with van der Waals surface area (Å²) >= 11 is 1.67. The van der Waals surface area contributed by atoms with Crippen LogP contribution in [0.25, 0.3) is 0 Å². The fourth-order valence-electron chi connectivity index (χ4n) is 2.49. The lowest BCUT2D eigenvalue weighted by Gasteiger charge is -2.08. The molecule has 0 unspecified atom stereocenters. The van der Waals surface area contributed by atoms with E-state index in [1.807, 2.05) is 24.3 Å². The smallest absolute Gasteiger partial charge is 0.202 e. The van der Waals surface area contributed by atoms with E-state index in [0.29, 0.717) is 0 Å². The molecule has 1 heterocycles. The van der Waals surface area contributed by atoms with Crippen LogP contribution in [0.15, 0.2) is 30.3 Å². The van der Waals surface area contributed by atoms with Crippen molar-refractivity contribution >= 4 is 17.1 Å². The first-order chi connectivity index (χ1) is 9.28. The van der Waals surface area contributed by atoms with Gasteiger partial charge in [0.15, 0.2) is 0 Å². The minimum absolute atomic E-state index is 0.127. The van der Waals surface area contributed by atoms with E-state index in [4.69, 9.17) is 4.74 Å². The van der Waals surface area contributed by atoms with Crippen LogP contribution in [-0.4, -0.2) is 12.9 Å². The third-order valence-corrected chi connectivity index (χ3v) is 4.81. The summed E-state index contributed by atoms with van der Waals surface area (Å²) in [6.07, 6.45) is 4.77. The molecule has 1 aromatic heterocycles. The average molecular weight is 272 g/mol. The molecule has 0 amide bonds. The van der Waals surface area contributed by atoms with E-state index in [1.165, 1.54) is 23.3 Å². The molecule has 0 spiro atoms. The molecule has 1 aliphatic rings. The van der Waals surface area contributed by atoms with Gasteiger partial charge in [0.2, 0.25) is 5.78 Å². The molecule has 1 aliphatic carbocycles. The van der Waals surface area contributed by atoms with Gasteiger partial charge in [-0.1, -0.05) is 0 Å². The molecule has 0 aliphatic heterocycles. The molecule has 2 aromatic rings. The minimum atomic E-state index is 0.127. The average Bonchev–Trinajstić information content (AvgIpc) is 2.90. The highest BCUT2D eigenvalue weighted by atomic mass is 32.1. The Balaban J connectivity index is 1.88. The number of ether oxygens (including phenoxy) is 1. The van der Waals surface area contributed by atoms with Crippen molar-refractivity contribution in [3.63, 3.8) is 0 Å².